The van der Waals surface area contributed by atoms with Gasteiger partial charge in [-0.25, -0.2) is 0 Å². The number of halogens is 1. The quantitative estimate of drug-likeness (QED) is 0.806. The first-order valence-electron chi connectivity index (χ1n) is 8.58. The molecule has 0 aliphatic carbocycles. The van der Waals surface area contributed by atoms with E-state index in [9.17, 15) is 9.59 Å². The molecule has 1 aliphatic heterocycles. The molecule has 2 aromatic carbocycles. The van der Waals surface area contributed by atoms with Gasteiger partial charge in [0.25, 0.3) is 5.91 Å². The summed E-state index contributed by atoms with van der Waals surface area (Å²) >= 11 is 0. The van der Waals surface area contributed by atoms with E-state index in [1.54, 1.807) is 12.1 Å². The highest BCUT2D eigenvalue weighted by molar-refractivity contribution is 5.99. The number of nitrogens with one attached hydrogen (secondary N) is 1. The van der Waals surface area contributed by atoms with Gasteiger partial charge in [-0.05, 0) is 55.2 Å². The SMILES string of the molecule is Cc1c(NC(=O)Cc2ccc(N)cc2)cccc1C(=O)N1CCCC1.Cl. The monoisotopic (exact) mass is 373 g/mol. The van der Waals surface area contributed by atoms with Gasteiger partial charge in [0.15, 0.2) is 0 Å². The van der Waals surface area contributed by atoms with E-state index in [2.05, 4.69) is 5.32 Å². The van der Waals surface area contributed by atoms with Crippen LogP contribution < -0.4 is 11.1 Å². The second-order valence-electron chi connectivity index (χ2n) is 6.44. The molecule has 5 nitrogen and oxygen atoms in total. The molecule has 1 heterocycles. The second kappa shape index (κ2) is 8.72. The predicted molar refractivity (Wildman–Crippen MR) is 107 cm³/mol. The van der Waals surface area contributed by atoms with Crippen LogP contribution in [0.3, 0.4) is 0 Å². The van der Waals surface area contributed by atoms with E-state index in [-0.39, 0.29) is 30.6 Å². The fraction of sp³-hybridized carbons (Fsp3) is 0.300. The molecule has 26 heavy (non-hydrogen) atoms. The number of nitrogen functional groups attached to an aromatic ring is 1. The third-order valence-corrected chi connectivity index (χ3v) is 4.58. The minimum absolute atomic E-state index is 0. The van der Waals surface area contributed by atoms with Crippen LogP contribution in [0.5, 0.6) is 0 Å². The van der Waals surface area contributed by atoms with Crippen molar-refractivity contribution in [3.63, 3.8) is 0 Å². The van der Waals surface area contributed by atoms with Crippen molar-refractivity contribution in [2.24, 2.45) is 0 Å². The number of hydrogen-bond acceptors (Lipinski definition) is 3. The summed E-state index contributed by atoms with van der Waals surface area (Å²) in [6.07, 6.45) is 2.38. The minimum Gasteiger partial charge on any atom is -0.399 e. The van der Waals surface area contributed by atoms with Crippen molar-refractivity contribution in [1.29, 1.82) is 0 Å². The van der Waals surface area contributed by atoms with Gasteiger partial charge in [0.1, 0.15) is 0 Å². The van der Waals surface area contributed by atoms with Crippen LogP contribution in [-0.4, -0.2) is 29.8 Å². The maximum absolute atomic E-state index is 12.6. The summed E-state index contributed by atoms with van der Waals surface area (Å²) in [4.78, 5) is 26.8. The third-order valence-electron chi connectivity index (χ3n) is 4.58. The Morgan fingerprint density at radius 3 is 2.38 bits per heavy atom. The Bertz CT molecular complexity index is 784. The van der Waals surface area contributed by atoms with Crippen LogP contribution in [0.25, 0.3) is 0 Å². The van der Waals surface area contributed by atoms with Gasteiger partial charge in [-0.15, -0.1) is 12.4 Å². The fourth-order valence-corrected chi connectivity index (χ4v) is 3.11. The highest BCUT2D eigenvalue weighted by Crippen LogP contribution is 2.22. The molecule has 2 aromatic rings. The number of rotatable bonds is 4. The van der Waals surface area contributed by atoms with Gasteiger partial charge in [-0.2, -0.15) is 0 Å². The Morgan fingerprint density at radius 1 is 1.08 bits per heavy atom. The van der Waals surface area contributed by atoms with E-state index in [1.807, 2.05) is 42.2 Å². The average Bonchev–Trinajstić information content (AvgIpc) is 3.13. The normalized spacial score (nSPS) is 13.2. The van der Waals surface area contributed by atoms with E-state index in [4.69, 9.17) is 5.73 Å². The van der Waals surface area contributed by atoms with Crippen molar-refractivity contribution in [2.75, 3.05) is 24.1 Å². The zero-order valence-corrected chi connectivity index (χ0v) is 15.6. The van der Waals surface area contributed by atoms with E-state index >= 15 is 0 Å². The lowest BCUT2D eigenvalue weighted by molar-refractivity contribution is -0.115. The van der Waals surface area contributed by atoms with Crippen LogP contribution in [0, 0.1) is 6.92 Å². The molecule has 3 N–H and O–H groups in total. The molecule has 0 saturated carbocycles. The molecular formula is C20H24ClN3O2. The van der Waals surface area contributed by atoms with Gasteiger partial charge in [-0.1, -0.05) is 18.2 Å². The lowest BCUT2D eigenvalue weighted by Gasteiger charge is -2.18. The maximum Gasteiger partial charge on any atom is 0.254 e. The van der Waals surface area contributed by atoms with Crippen molar-refractivity contribution < 1.29 is 9.59 Å². The molecule has 1 fully saturated rings. The van der Waals surface area contributed by atoms with Crippen LogP contribution in [0.15, 0.2) is 42.5 Å². The Morgan fingerprint density at radius 2 is 1.73 bits per heavy atom. The van der Waals surface area contributed by atoms with Crippen molar-refractivity contribution in [3.8, 4) is 0 Å². The van der Waals surface area contributed by atoms with E-state index in [1.165, 1.54) is 0 Å². The summed E-state index contributed by atoms with van der Waals surface area (Å²) in [5.41, 5.74) is 9.39. The molecule has 3 rings (SSSR count). The zero-order chi connectivity index (χ0) is 17.8. The van der Waals surface area contributed by atoms with Crippen molar-refractivity contribution >= 4 is 35.6 Å². The molecule has 1 saturated heterocycles. The third kappa shape index (κ3) is 4.55. The maximum atomic E-state index is 12.6. The van der Waals surface area contributed by atoms with Crippen molar-refractivity contribution in [3.05, 3.63) is 59.2 Å². The Kier molecular flexibility index (Phi) is 6.64. The van der Waals surface area contributed by atoms with Crippen molar-refractivity contribution in [2.45, 2.75) is 26.2 Å². The minimum atomic E-state index is -0.112. The number of nitrogens with zero attached hydrogens (tertiary/aromatic N) is 1. The van der Waals surface area contributed by atoms with Crippen molar-refractivity contribution in [1.82, 2.24) is 4.90 Å². The summed E-state index contributed by atoms with van der Waals surface area (Å²) < 4.78 is 0. The van der Waals surface area contributed by atoms with Gasteiger partial charge >= 0.3 is 0 Å². The van der Waals surface area contributed by atoms with Gasteiger partial charge in [0.2, 0.25) is 5.91 Å². The van der Waals surface area contributed by atoms with Crippen LogP contribution in [0.2, 0.25) is 0 Å². The lowest BCUT2D eigenvalue weighted by Crippen LogP contribution is -2.28. The number of anilines is 2. The summed E-state index contributed by atoms with van der Waals surface area (Å²) in [6.45, 7) is 3.50. The molecule has 0 bridgehead atoms. The largest absolute Gasteiger partial charge is 0.399 e. The summed E-state index contributed by atoms with van der Waals surface area (Å²) in [6, 6.07) is 12.7. The molecule has 0 atom stereocenters. The summed E-state index contributed by atoms with van der Waals surface area (Å²) in [5, 5.41) is 2.92. The lowest BCUT2D eigenvalue weighted by atomic mass is 10.0. The molecule has 0 aromatic heterocycles. The first-order valence-corrected chi connectivity index (χ1v) is 8.58. The molecule has 138 valence electrons. The Hall–Kier alpha value is -2.53. The average molecular weight is 374 g/mol. The molecule has 0 radical (unpaired) electrons. The van der Waals surface area contributed by atoms with Gasteiger partial charge in [0.05, 0.1) is 6.42 Å². The van der Waals surface area contributed by atoms with Crippen LogP contribution >= 0.6 is 12.4 Å². The van der Waals surface area contributed by atoms with E-state index in [0.29, 0.717) is 16.9 Å². The topological polar surface area (TPSA) is 75.4 Å². The highest BCUT2D eigenvalue weighted by Gasteiger charge is 2.22. The Labute approximate surface area is 160 Å². The number of nitrogens with two attached hydrogens (primary N) is 1. The smallest absolute Gasteiger partial charge is 0.254 e. The molecule has 0 spiro atoms. The van der Waals surface area contributed by atoms with Gasteiger partial charge in [0, 0.05) is 30.0 Å². The van der Waals surface area contributed by atoms with Crippen LogP contribution in [0.4, 0.5) is 11.4 Å². The summed E-state index contributed by atoms with van der Waals surface area (Å²) in [5.74, 6) is -0.0664. The van der Waals surface area contributed by atoms with E-state index in [0.717, 1.165) is 37.1 Å². The van der Waals surface area contributed by atoms with Crippen LogP contribution in [-0.2, 0) is 11.2 Å². The Balaban J connectivity index is 0.00000243. The highest BCUT2D eigenvalue weighted by atomic mass is 35.5. The predicted octanol–water partition coefficient (Wildman–Crippen LogP) is 3.42. The molecule has 6 heteroatoms. The molecule has 0 unspecified atom stereocenters. The number of amides is 2. The second-order valence-corrected chi connectivity index (χ2v) is 6.44. The number of benzene rings is 2. The fourth-order valence-electron chi connectivity index (χ4n) is 3.11. The molecule has 1 aliphatic rings. The standard InChI is InChI=1S/C20H23N3O2.ClH/c1-14-17(20(25)23-11-2-3-12-23)5-4-6-18(14)22-19(24)13-15-7-9-16(21)10-8-15;/h4-10H,2-3,11-13,21H2,1H3,(H,22,24);1H. The van der Waals surface area contributed by atoms with E-state index < -0.39 is 0 Å². The number of likely N-dealkylation sites (tertiary alicyclic amines) is 1. The number of carbonyl (C=O) groups excluding carboxylic acids is 2. The summed E-state index contributed by atoms with van der Waals surface area (Å²) in [7, 11) is 0. The van der Waals surface area contributed by atoms with Gasteiger partial charge < -0.3 is 16.0 Å². The molecule has 2 amide bonds. The number of hydrogen-bond donors (Lipinski definition) is 2. The number of carbonyl (C=O) groups is 2. The first-order chi connectivity index (χ1) is 12.0. The first kappa shape index (κ1) is 19.8. The van der Waals surface area contributed by atoms with Gasteiger partial charge in [-0.3, -0.25) is 9.59 Å². The van der Waals surface area contributed by atoms with Crippen LogP contribution in [0.1, 0.15) is 34.3 Å². The zero-order valence-electron chi connectivity index (χ0n) is 14.8. The molecular weight excluding hydrogens is 350 g/mol.